The van der Waals surface area contributed by atoms with Crippen LogP contribution in [-0.4, -0.2) is 41.5 Å². The highest BCUT2D eigenvalue weighted by Crippen LogP contribution is 2.20. The highest BCUT2D eigenvalue weighted by atomic mass is 32.1. The maximum absolute atomic E-state index is 4.40. The van der Waals surface area contributed by atoms with E-state index in [-0.39, 0.29) is 0 Å². The molecule has 0 bridgehead atoms. The van der Waals surface area contributed by atoms with Crippen molar-refractivity contribution < 1.29 is 0 Å². The number of hydrogen-bond donors (Lipinski definition) is 2. The maximum atomic E-state index is 4.40. The number of nitrogens with zero attached hydrogens (tertiary/aromatic N) is 3. The quantitative estimate of drug-likeness (QED) is 0.626. The van der Waals surface area contributed by atoms with Crippen molar-refractivity contribution in [2.75, 3.05) is 13.6 Å². The Kier molecular flexibility index (Phi) is 6.63. The van der Waals surface area contributed by atoms with Gasteiger partial charge in [-0.15, -0.1) is 11.3 Å². The molecule has 0 amide bonds. The third kappa shape index (κ3) is 5.29. The normalized spacial score (nSPS) is 21.6. The summed E-state index contributed by atoms with van der Waals surface area (Å²) in [5, 5.41) is 8.07. The first-order valence-corrected chi connectivity index (χ1v) is 10.1. The van der Waals surface area contributed by atoms with Crippen LogP contribution in [0.4, 0.5) is 0 Å². The molecule has 1 aromatic heterocycles. The average Bonchev–Trinajstić information content (AvgIpc) is 3.07. The van der Waals surface area contributed by atoms with Crippen molar-refractivity contribution in [3.63, 3.8) is 0 Å². The molecule has 2 N–H and O–H groups in total. The highest BCUT2D eigenvalue weighted by molar-refractivity contribution is 7.11. The molecule has 0 saturated carbocycles. The van der Waals surface area contributed by atoms with Crippen molar-refractivity contribution in [2.24, 2.45) is 4.99 Å². The van der Waals surface area contributed by atoms with Crippen molar-refractivity contribution in [3.8, 4) is 0 Å². The number of aryl methyl sites for hydroxylation is 1. The summed E-state index contributed by atoms with van der Waals surface area (Å²) in [4.78, 5) is 12.6. The molecule has 26 heavy (non-hydrogen) atoms. The molecule has 1 fully saturated rings. The fourth-order valence-electron chi connectivity index (χ4n) is 3.44. The van der Waals surface area contributed by atoms with Gasteiger partial charge in [0, 0.05) is 43.3 Å². The van der Waals surface area contributed by atoms with E-state index in [1.165, 1.54) is 10.4 Å². The molecule has 2 heterocycles. The zero-order chi connectivity index (χ0) is 18.4. The van der Waals surface area contributed by atoms with Gasteiger partial charge < -0.3 is 10.6 Å². The summed E-state index contributed by atoms with van der Waals surface area (Å²) in [6.07, 6.45) is 4.18. The van der Waals surface area contributed by atoms with Gasteiger partial charge in [-0.25, -0.2) is 4.98 Å². The Bertz CT molecular complexity index is 712. The first-order valence-electron chi connectivity index (χ1n) is 9.30. The molecule has 1 saturated heterocycles. The van der Waals surface area contributed by atoms with Crippen LogP contribution in [0.25, 0.3) is 0 Å². The van der Waals surface area contributed by atoms with Gasteiger partial charge in [-0.1, -0.05) is 30.3 Å². The van der Waals surface area contributed by atoms with Crippen LogP contribution in [0.2, 0.25) is 0 Å². The van der Waals surface area contributed by atoms with E-state index in [0.29, 0.717) is 12.1 Å². The summed E-state index contributed by atoms with van der Waals surface area (Å²) in [5.74, 6) is 0.867. The van der Waals surface area contributed by atoms with Crippen molar-refractivity contribution >= 4 is 17.3 Å². The van der Waals surface area contributed by atoms with Gasteiger partial charge in [-0.2, -0.15) is 0 Å². The number of rotatable bonds is 5. The van der Waals surface area contributed by atoms with E-state index >= 15 is 0 Å². The van der Waals surface area contributed by atoms with E-state index in [0.717, 1.165) is 43.4 Å². The second-order valence-electron chi connectivity index (χ2n) is 6.96. The zero-order valence-corrected chi connectivity index (χ0v) is 16.7. The van der Waals surface area contributed by atoms with Crippen LogP contribution in [0.1, 0.15) is 35.2 Å². The first-order chi connectivity index (χ1) is 12.6. The number of nitrogens with one attached hydrogen (secondary N) is 2. The molecule has 2 unspecified atom stereocenters. The monoisotopic (exact) mass is 371 g/mol. The predicted molar refractivity (Wildman–Crippen MR) is 110 cm³/mol. The first kappa shape index (κ1) is 18.9. The molecule has 3 rings (SSSR count). The number of hydrogen-bond acceptors (Lipinski definition) is 4. The van der Waals surface area contributed by atoms with Gasteiger partial charge in [0.05, 0.1) is 6.54 Å². The molecule has 2 atom stereocenters. The molecule has 0 radical (unpaired) electrons. The number of likely N-dealkylation sites (tertiary alicyclic amines) is 1. The predicted octanol–water partition coefficient (Wildman–Crippen LogP) is 3.17. The lowest BCUT2D eigenvalue weighted by Gasteiger charge is -2.38. The molecule has 1 aromatic carbocycles. The lowest BCUT2D eigenvalue weighted by Crippen LogP contribution is -2.51. The largest absolute Gasteiger partial charge is 0.354 e. The average molecular weight is 372 g/mol. The van der Waals surface area contributed by atoms with Crippen molar-refractivity contribution in [3.05, 3.63) is 52.0 Å². The van der Waals surface area contributed by atoms with Crippen LogP contribution in [0, 0.1) is 6.92 Å². The van der Waals surface area contributed by atoms with Gasteiger partial charge in [0.1, 0.15) is 5.01 Å². The Morgan fingerprint density at radius 3 is 2.81 bits per heavy atom. The van der Waals surface area contributed by atoms with Crippen molar-refractivity contribution in [2.45, 2.75) is 51.9 Å². The summed E-state index contributed by atoms with van der Waals surface area (Å²) in [7, 11) is 1.83. The second-order valence-corrected chi connectivity index (χ2v) is 8.28. The summed E-state index contributed by atoms with van der Waals surface area (Å²) in [6.45, 7) is 7.27. The summed E-state index contributed by atoms with van der Waals surface area (Å²) < 4.78 is 0. The number of piperidine rings is 1. The second kappa shape index (κ2) is 9.14. The number of aromatic nitrogens is 1. The van der Waals surface area contributed by atoms with Gasteiger partial charge in [-0.3, -0.25) is 9.89 Å². The minimum absolute atomic E-state index is 0.459. The Morgan fingerprint density at radius 2 is 2.15 bits per heavy atom. The summed E-state index contributed by atoms with van der Waals surface area (Å²) in [5.41, 5.74) is 1.39. The minimum Gasteiger partial charge on any atom is -0.354 e. The smallest absolute Gasteiger partial charge is 0.191 e. The molecule has 140 valence electrons. The van der Waals surface area contributed by atoms with Crippen LogP contribution in [0.3, 0.4) is 0 Å². The fourth-order valence-corrected chi connectivity index (χ4v) is 4.16. The summed E-state index contributed by atoms with van der Waals surface area (Å²) >= 11 is 1.72. The van der Waals surface area contributed by atoms with Crippen molar-refractivity contribution in [1.82, 2.24) is 20.5 Å². The third-order valence-corrected chi connectivity index (χ3v) is 5.80. The van der Waals surface area contributed by atoms with Crippen LogP contribution in [0.15, 0.2) is 41.5 Å². The zero-order valence-electron chi connectivity index (χ0n) is 15.9. The Balaban J connectivity index is 1.46. The van der Waals surface area contributed by atoms with E-state index in [4.69, 9.17) is 0 Å². The SMILES string of the molecule is CN=C(NCc1ncc(C)s1)NC1CCN(Cc2ccccc2)C(C)C1. The number of aliphatic imine (C=N–C) groups is 1. The van der Waals surface area contributed by atoms with Crippen LogP contribution >= 0.6 is 11.3 Å². The molecule has 1 aliphatic rings. The van der Waals surface area contributed by atoms with E-state index in [2.05, 4.69) is 69.7 Å². The Hall–Kier alpha value is -1.92. The molecule has 0 aliphatic carbocycles. The molecule has 5 nitrogen and oxygen atoms in total. The highest BCUT2D eigenvalue weighted by Gasteiger charge is 2.25. The lowest BCUT2D eigenvalue weighted by atomic mass is 9.97. The standard InChI is InChI=1S/C20H29N5S/c1-15-11-18(9-10-25(15)14-17-7-5-4-6-8-17)24-20(21-3)23-13-19-22-12-16(2)26-19/h4-8,12,15,18H,9-11,13-14H2,1-3H3,(H2,21,23,24). The van der Waals surface area contributed by atoms with E-state index in [1.807, 2.05) is 13.2 Å². The van der Waals surface area contributed by atoms with Crippen molar-refractivity contribution in [1.29, 1.82) is 0 Å². The summed E-state index contributed by atoms with van der Waals surface area (Å²) in [6, 6.07) is 11.8. The van der Waals surface area contributed by atoms with Gasteiger partial charge >= 0.3 is 0 Å². The topological polar surface area (TPSA) is 52.6 Å². The third-order valence-electron chi connectivity index (χ3n) is 4.88. The van der Waals surface area contributed by atoms with Gasteiger partial charge in [0.25, 0.3) is 0 Å². The molecular formula is C20H29N5S. The van der Waals surface area contributed by atoms with Gasteiger partial charge in [0.15, 0.2) is 5.96 Å². The van der Waals surface area contributed by atoms with Crippen LogP contribution in [0.5, 0.6) is 0 Å². The van der Waals surface area contributed by atoms with E-state index < -0.39 is 0 Å². The van der Waals surface area contributed by atoms with Gasteiger partial charge in [0.2, 0.25) is 0 Å². The molecule has 0 spiro atoms. The van der Waals surface area contributed by atoms with E-state index in [9.17, 15) is 0 Å². The number of thiazole rings is 1. The number of guanidine groups is 1. The Labute approximate surface area is 160 Å². The number of benzene rings is 1. The maximum Gasteiger partial charge on any atom is 0.191 e. The molecule has 1 aliphatic heterocycles. The van der Waals surface area contributed by atoms with Crippen LogP contribution in [-0.2, 0) is 13.1 Å². The minimum atomic E-state index is 0.459. The molecule has 6 heteroatoms. The fraction of sp³-hybridized carbons (Fsp3) is 0.500. The van der Waals surface area contributed by atoms with Gasteiger partial charge in [-0.05, 0) is 32.3 Å². The Morgan fingerprint density at radius 1 is 1.35 bits per heavy atom. The molecular weight excluding hydrogens is 342 g/mol. The molecule has 2 aromatic rings. The van der Waals surface area contributed by atoms with Crippen LogP contribution < -0.4 is 10.6 Å². The van der Waals surface area contributed by atoms with E-state index in [1.54, 1.807) is 11.3 Å². The lowest BCUT2D eigenvalue weighted by molar-refractivity contribution is 0.134.